The summed E-state index contributed by atoms with van der Waals surface area (Å²) >= 11 is 6.26. The number of para-hydroxylation sites is 1. The molecule has 1 aliphatic carbocycles. The maximum atomic E-state index is 9.20. The first-order valence-corrected chi connectivity index (χ1v) is 7.67. The van der Waals surface area contributed by atoms with E-state index in [0.717, 1.165) is 35.7 Å². The van der Waals surface area contributed by atoms with E-state index >= 15 is 0 Å². The molecule has 0 aliphatic heterocycles. The van der Waals surface area contributed by atoms with Gasteiger partial charge in [0.25, 0.3) is 0 Å². The predicted octanol–water partition coefficient (Wildman–Crippen LogP) is 4.40. The third-order valence-electron chi connectivity index (χ3n) is 3.98. The zero-order valence-electron chi connectivity index (χ0n) is 11.6. The van der Waals surface area contributed by atoms with E-state index in [4.69, 9.17) is 11.6 Å². The minimum Gasteiger partial charge on any atom is -0.327 e. The molecule has 0 saturated heterocycles. The second kappa shape index (κ2) is 5.46. The van der Waals surface area contributed by atoms with Crippen molar-refractivity contribution in [2.24, 2.45) is 5.92 Å². The van der Waals surface area contributed by atoms with Crippen LogP contribution < -0.4 is 0 Å². The molecule has 1 atom stereocenters. The van der Waals surface area contributed by atoms with E-state index in [9.17, 15) is 5.26 Å². The Labute approximate surface area is 124 Å². The number of aryl methyl sites for hydroxylation is 1. The summed E-state index contributed by atoms with van der Waals surface area (Å²) in [6, 6.07) is 7.98. The van der Waals surface area contributed by atoms with Gasteiger partial charge in [-0.25, -0.2) is 4.98 Å². The summed E-state index contributed by atoms with van der Waals surface area (Å²) in [5, 5.41) is 9.06. The molecule has 1 aromatic heterocycles. The SMILES string of the molecule is CC(Cl)c1nc2c(C#N)cccc2n1CCCC1CC1. The molecule has 0 spiro atoms. The van der Waals surface area contributed by atoms with Crippen LogP contribution in [0.1, 0.15) is 49.4 Å². The Morgan fingerprint density at radius 2 is 2.30 bits per heavy atom. The number of imidazole rings is 1. The molecule has 4 heteroatoms. The van der Waals surface area contributed by atoms with Gasteiger partial charge in [0.15, 0.2) is 0 Å². The first kappa shape index (κ1) is 13.5. The van der Waals surface area contributed by atoms with E-state index in [0.29, 0.717) is 5.56 Å². The van der Waals surface area contributed by atoms with E-state index in [2.05, 4.69) is 15.6 Å². The second-order valence-electron chi connectivity index (χ2n) is 5.61. The monoisotopic (exact) mass is 287 g/mol. The average Bonchev–Trinajstić information content (AvgIpc) is 3.18. The van der Waals surface area contributed by atoms with Crippen molar-refractivity contribution in [3.63, 3.8) is 0 Å². The number of nitriles is 1. The Hall–Kier alpha value is -1.53. The zero-order valence-corrected chi connectivity index (χ0v) is 12.4. The number of hydrogen-bond acceptors (Lipinski definition) is 2. The number of alkyl halides is 1. The van der Waals surface area contributed by atoms with Crippen LogP contribution in [0.2, 0.25) is 0 Å². The lowest BCUT2D eigenvalue weighted by atomic mass is 10.2. The molecule has 2 aromatic rings. The molecule has 1 heterocycles. The number of benzene rings is 1. The van der Waals surface area contributed by atoms with Crippen molar-refractivity contribution in [2.75, 3.05) is 0 Å². The Bertz CT molecular complexity index is 662. The lowest BCUT2D eigenvalue weighted by molar-refractivity contribution is 0.569. The number of halogens is 1. The topological polar surface area (TPSA) is 41.6 Å². The Kier molecular flexibility index (Phi) is 3.67. The molecule has 0 amide bonds. The van der Waals surface area contributed by atoms with E-state index in [1.807, 2.05) is 25.1 Å². The van der Waals surface area contributed by atoms with Gasteiger partial charge >= 0.3 is 0 Å². The van der Waals surface area contributed by atoms with Gasteiger partial charge in [-0.05, 0) is 37.8 Å². The molecule has 0 N–H and O–H groups in total. The van der Waals surface area contributed by atoms with E-state index < -0.39 is 0 Å². The molecule has 0 radical (unpaired) electrons. The number of nitrogens with zero attached hydrogens (tertiary/aromatic N) is 3. The van der Waals surface area contributed by atoms with Gasteiger partial charge in [-0.1, -0.05) is 18.9 Å². The maximum Gasteiger partial charge on any atom is 0.127 e. The van der Waals surface area contributed by atoms with Crippen LogP contribution in [0.4, 0.5) is 0 Å². The molecule has 104 valence electrons. The Balaban J connectivity index is 1.97. The molecule has 1 unspecified atom stereocenters. The van der Waals surface area contributed by atoms with Crippen LogP contribution in [-0.4, -0.2) is 9.55 Å². The summed E-state index contributed by atoms with van der Waals surface area (Å²) in [5.74, 6) is 1.82. The maximum absolute atomic E-state index is 9.20. The summed E-state index contributed by atoms with van der Waals surface area (Å²) in [6.45, 7) is 2.88. The van der Waals surface area contributed by atoms with Crippen LogP contribution in [0.5, 0.6) is 0 Å². The van der Waals surface area contributed by atoms with Crippen LogP contribution in [0, 0.1) is 17.2 Å². The van der Waals surface area contributed by atoms with E-state index in [1.165, 1.54) is 19.3 Å². The number of hydrogen-bond donors (Lipinski definition) is 0. The highest BCUT2D eigenvalue weighted by atomic mass is 35.5. The highest BCUT2D eigenvalue weighted by Gasteiger charge is 2.21. The Morgan fingerprint density at radius 1 is 1.50 bits per heavy atom. The molecule has 1 saturated carbocycles. The lowest BCUT2D eigenvalue weighted by Crippen LogP contribution is -2.05. The smallest absolute Gasteiger partial charge is 0.127 e. The normalized spacial score (nSPS) is 16.2. The number of rotatable bonds is 5. The fourth-order valence-corrected chi connectivity index (χ4v) is 2.91. The molecule has 3 rings (SSSR count). The highest BCUT2D eigenvalue weighted by Crippen LogP contribution is 2.34. The van der Waals surface area contributed by atoms with Crippen LogP contribution >= 0.6 is 11.6 Å². The largest absolute Gasteiger partial charge is 0.327 e. The molecular weight excluding hydrogens is 270 g/mol. The van der Waals surface area contributed by atoms with Gasteiger partial charge < -0.3 is 4.57 Å². The van der Waals surface area contributed by atoms with Crippen LogP contribution in [0.15, 0.2) is 18.2 Å². The highest BCUT2D eigenvalue weighted by molar-refractivity contribution is 6.20. The third kappa shape index (κ3) is 2.53. The number of fused-ring (bicyclic) bond motifs is 1. The summed E-state index contributed by atoms with van der Waals surface area (Å²) in [5.41, 5.74) is 2.44. The van der Waals surface area contributed by atoms with Crippen molar-refractivity contribution in [1.82, 2.24) is 9.55 Å². The first-order chi connectivity index (χ1) is 9.70. The van der Waals surface area contributed by atoms with Crippen LogP contribution in [0.25, 0.3) is 11.0 Å². The quantitative estimate of drug-likeness (QED) is 0.765. The van der Waals surface area contributed by atoms with Crippen molar-refractivity contribution < 1.29 is 0 Å². The van der Waals surface area contributed by atoms with Gasteiger partial charge in [0.05, 0.1) is 16.5 Å². The van der Waals surface area contributed by atoms with Crippen molar-refractivity contribution in [3.8, 4) is 6.07 Å². The zero-order chi connectivity index (χ0) is 14.1. The summed E-state index contributed by atoms with van der Waals surface area (Å²) in [7, 11) is 0. The Morgan fingerprint density at radius 3 is 2.95 bits per heavy atom. The fraction of sp³-hybridized carbons (Fsp3) is 0.500. The van der Waals surface area contributed by atoms with Gasteiger partial charge in [-0.3, -0.25) is 0 Å². The van der Waals surface area contributed by atoms with Gasteiger partial charge in [-0.2, -0.15) is 5.26 Å². The van der Waals surface area contributed by atoms with Crippen LogP contribution in [-0.2, 0) is 6.54 Å². The molecule has 1 aromatic carbocycles. The molecule has 20 heavy (non-hydrogen) atoms. The van der Waals surface area contributed by atoms with Gasteiger partial charge in [0.1, 0.15) is 17.4 Å². The van der Waals surface area contributed by atoms with Crippen molar-refractivity contribution >= 4 is 22.6 Å². The summed E-state index contributed by atoms with van der Waals surface area (Å²) in [6.07, 6.45) is 5.22. The van der Waals surface area contributed by atoms with Crippen molar-refractivity contribution in [3.05, 3.63) is 29.6 Å². The van der Waals surface area contributed by atoms with Gasteiger partial charge in [-0.15, -0.1) is 11.6 Å². The summed E-state index contributed by atoms with van der Waals surface area (Å²) in [4.78, 5) is 4.60. The average molecular weight is 288 g/mol. The lowest BCUT2D eigenvalue weighted by Gasteiger charge is -2.10. The van der Waals surface area contributed by atoms with Crippen molar-refractivity contribution in [2.45, 2.75) is 44.5 Å². The molecule has 0 bridgehead atoms. The molecule has 3 nitrogen and oxygen atoms in total. The minimum absolute atomic E-state index is 0.144. The standard InChI is InChI=1S/C16H18ClN3/c1-11(17)16-19-15-13(10-18)5-2-6-14(15)20(16)9-3-4-12-7-8-12/h2,5-6,11-12H,3-4,7-9H2,1H3. The van der Waals surface area contributed by atoms with E-state index in [1.54, 1.807) is 0 Å². The second-order valence-corrected chi connectivity index (χ2v) is 6.26. The molecular formula is C16H18ClN3. The number of aromatic nitrogens is 2. The fourth-order valence-electron chi connectivity index (χ4n) is 2.74. The van der Waals surface area contributed by atoms with Gasteiger partial charge in [0.2, 0.25) is 0 Å². The van der Waals surface area contributed by atoms with E-state index in [-0.39, 0.29) is 5.38 Å². The first-order valence-electron chi connectivity index (χ1n) is 7.24. The third-order valence-corrected chi connectivity index (χ3v) is 4.17. The summed E-state index contributed by atoms with van der Waals surface area (Å²) < 4.78 is 2.19. The predicted molar refractivity (Wildman–Crippen MR) is 80.7 cm³/mol. The molecule has 1 fully saturated rings. The van der Waals surface area contributed by atoms with Crippen molar-refractivity contribution in [1.29, 1.82) is 5.26 Å². The minimum atomic E-state index is -0.144. The van der Waals surface area contributed by atoms with Gasteiger partial charge in [0, 0.05) is 6.54 Å². The molecule has 1 aliphatic rings. The van der Waals surface area contributed by atoms with Crippen LogP contribution in [0.3, 0.4) is 0 Å².